The Morgan fingerprint density at radius 3 is 2.71 bits per heavy atom. The molecule has 6 rings (SSSR count). The number of hydrogen-bond donors (Lipinski definition) is 1. The molecule has 3 aliphatic heterocycles. The Hall–Kier alpha value is -3.13. The molecule has 2 aromatic rings. The maximum atomic E-state index is 13.4. The van der Waals surface area contributed by atoms with E-state index in [1.165, 1.54) is 21.9 Å². The van der Waals surface area contributed by atoms with E-state index in [0.29, 0.717) is 26.1 Å². The van der Waals surface area contributed by atoms with Gasteiger partial charge in [-0.1, -0.05) is 24.3 Å². The van der Waals surface area contributed by atoms with Gasteiger partial charge in [0.25, 0.3) is 11.8 Å². The molecule has 2 amide bonds. The van der Waals surface area contributed by atoms with Gasteiger partial charge in [0.15, 0.2) is 17.7 Å². The standard InChI is InChI=1S/C26H29N3O5/c1-16-7-13-34-20-15-28-14-18(22(30)23(31)21(28)25(33)29(16)20)24(32)27-11-9-26(10-12-27)8-6-17-4-2-3-5-19(17)26/h2-5,14,16,20,31H,6-13,15H2,1H3/t16-,20+/m1/s1. The average Bonchev–Trinajstić information content (AvgIpc) is 3.19. The molecule has 1 N–H and O–H groups in total. The fraction of sp³-hybridized carbons (Fsp3) is 0.500. The SMILES string of the molecule is C[C@@H]1CCO[C@H]2Cn3cc(C(=O)N4CCC5(CCc6ccccc65)CC4)c(=O)c(O)c3C(=O)N12. The molecule has 2 saturated heterocycles. The number of aryl methyl sites for hydroxylation is 1. The highest BCUT2D eigenvalue weighted by atomic mass is 16.5. The molecule has 0 radical (unpaired) electrons. The number of carbonyl (C=O) groups is 2. The molecule has 1 spiro atoms. The highest BCUT2D eigenvalue weighted by molar-refractivity contribution is 5.99. The fourth-order valence-corrected chi connectivity index (χ4v) is 6.40. The van der Waals surface area contributed by atoms with Crippen molar-refractivity contribution in [2.24, 2.45) is 0 Å². The lowest BCUT2D eigenvalue weighted by atomic mass is 9.74. The third kappa shape index (κ3) is 3.04. The number of fused-ring (bicyclic) bond motifs is 4. The summed E-state index contributed by atoms with van der Waals surface area (Å²) in [6, 6.07) is 8.52. The van der Waals surface area contributed by atoms with Crippen LogP contribution in [0.15, 0.2) is 35.3 Å². The van der Waals surface area contributed by atoms with Crippen LogP contribution in [0.3, 0.4) is 0 Å². The molecule has 0 unspecified atom stereocenters. The van der Waals surface area contributed by atoms with Crippen LogP contribution in [-0.2, 0) is 23.1 Å². The fourth-order valence-electron chi connectivity index (χ4n) is 6.40. The summed E-state index contributed by atoms with van der Waals surface area (Å²) in [5, 5.41) is 10.7. The summed E-state index contributed by atoms with van der Waals surface area (Å²) in [5.41, 5.74) is 1.98. The van der Waals surface area contributed by atoms with E-state index in [4.69, 9.17) is 4.74 Å². The van der Waals surface area contributed by atoms with Crippen LogP contribution in [0.4, 0.5) is 0 Å². The third-order valence-electron chi connectivity index (χ3n) is 8.38. The second kappa shape index (κ2) is 7.70. The smallest absolute Gasteiger partial charge is 0.276 e. The summed E-state index contributed by atoms with van der Waals surface area (Å²) in [7, 11) is 0. The molecule has 0 bridgehead atoms. The summed E-state index contributed by atoms with van der Waals surface area (Å²) < 4.78 is 7.30. The minimum Gasteiger partial charge on any atom is -0.503 e. The van der Waals surface area contributed by atoms with E-state index in [1.54, 1.807) is 9.80 Å². The molecule has 2 atom stereocenters. The monoisotopic (exact) mass is 463 g/mol. The summed E-state index contributed by atoms with van der Waals surface area (Å²) >= 11 is 0. The van der Waals surface area contributed by atoms with E-state index in [-0.39, 0.29) is 35.2 Å². The normalized spacial score (nSPS) is 25.1. The van der Waals surface area contributed by atoms with Crippen LogP contribution in [-0.4, -0.2) is 63.3 Å². The average molecular weight is 464 g/mol. The minimum absolute atomic E-state index is 0.0443. The van der Waals surface area contributed by atoms with Crippen molar-refractivity contribution in [2.45, 2.75) is 63.3 Å². The van der Waals surface area contributed by atoms with E-state index in [9.17, 15) is 19.5 Å². The molecule has 34 heavy (non-hydrogen) atoms. The second-order valence-electron chi connectivity index (χ2n) is 10.1. The van der Waals surface area contributed by atoms with E-state index >= 15 is 0 Å². The van der Waals surface area contributed by atoms with Crippen molar-refractivity contribution in [1.82, 2.24) is 14.4 Å². The number of aromatic nitrogens is 1. The number of ether oxygens (including phenoxy) is 1. The lowest BCUT2D eigenvalue weighted by Gasteiger charge is -2.44. The van der Waals surface area contributed by atoms with Crippen molar-refractivity contribution >= 4 is 11.8 Å². The molecule has 1 aromatic heterocycles. The van der Waals surface area contributed by atoms with Crippen molar-refractivity contribution in [1.29, 1.82) is 0 Å². The molecule has 178 valence electrons. The van der Waals surface area contributed by atoms with Gasteiger partial charge in [0.05, 0.1) is 13.2 Å². The lowest BCUT2D eigenvalue weighted by Crippen LogP contribution is -2.57. The van der Waals surface area contributed by atoms with Crippen LogP contribution >= 0.6 is 0 Å². The van der Waals surface area contributed by atoms with Crippen molar-refractivity contribution in [3.05, 3.63) is 63.1 Å². The Morgan fingerprint density at radius 1 is 1.15 bits per heavy atom. The van der Waals surface area contributed by atoms with E-state index < -0.39 is 23.3 Å². The van der Waals surface area contributed by atoms with Crippen LogP contribution in [0.1, 0.15) is 64.6 Å². The maximum Gasteiger partial charge on any atom is 0.276 e. The zero-order valence-corrected chi connectivity index (χ0v) is 19.3. The number of carbonyl (C=O) groups excluding carboxylic acids is 2. The molecule has 8 nitrogen and oxygen atoms in total. The van der Waals surface area contributed by atoms with Gasteiger partial charge in [-0.25, -0.2) is 0 Å². The van der Waals surface area contributed by atoms with Crippen molar-refractivity contribution in [2.75, 3.05) is 19.7 Å². The molecule has 0 saturated carbocycles. The van der Waals surface area contributed by atoms with Gasteiger partial charge in [0.1, 0.15) is 5.56 Å². The summed E-state index contributed by atoms with van der Waals surface area (Å²) in [4.78, 5) is 42.8. The van der Waals surface area contributed by atoms with Crippen molar-refractivity contribution in [3.8, 4) is 5.75 Å². The van der Waals surface area contributed by atoms with Crippen LogP contribution in [0.2, 0.25) is 0 Å². The molecule has 4 heterocycles. The zero-order valence-electron chi connectivity index (χ0n) is 19.3. The topological polar surface area (TPSA) is 92.1 Å². The number of piperidine rings is 1. The first-order chi connectivity index (χ1) is 16.4. The molecule has 2 fully saturated rings. The van der Waals surface area contributed by atoms with Gasteiger partial charge in [0, 0.05) is 25.3 Å². The lowest BCUT2D eigenvalue weighted by molar-refractivity contribution is -0.112. The third-order valence-corrected chi connectivity index (χ3v) is 8.38. The molecule has 1 aliphatic carbocycles. The molecule has 4 aliphatic rings. The van der Waals surface area contributed by atoms with Crippen LogP contribution in [0, 0.1) is 0 Å². The van der Waals surface area contributed by atoms with Gasteiger partial charge >= 0.3 is 0 Å². The number of nitrogens with zero attached hydrogens (tertiary/aromatic N) is 3. The van der Waals surface area contributed by atoms with Crippen molar-refractivity contribution < 1.29 is 19.4 Å². The first-order valence-electron chi connectivity index (χ1n) is 12.2. The molecular formula is C26H29N3O5. The van der Waals surface area contributed by atoms with Crippen molar-refractivity contribution in [3.63, 3.8) is 0 Å². The number of pyridine rings is 1. The first-order valence-corrected chi connectivity index (χ1v) is 12.2. The predicted molar refractivity (Wildman–Crippen MR) is 124 cm³/mol. The highest BCUT2D eigenvalue weighted by Crippen LogP contribution is 2.46. The van der Waals surface area contributed by atoms with E-state index in [1.807, 2.05) is 6.92 Å². The maximum absolute atomic E-state index is 13.4. The first kappa shape index (κ1) is 21.4. The van der Waals surface area contributed by atoms with Crippen LogP contribution in [0.25, 0.3) is 0 Å². The number of benzene rings is 1. The van der Waals surface area contributed by atoms with Gasteiger partial charge in [-0.05, 0) is 55.6 Å². The van der Waals surface area contributed by atoms with E-state index in [0.717, 1.165) is 25.7 Å². The number of aromatic hydroxyl groups is 1. The number of hydrogen-bond acceptors (Lipinski definition) is 5. The zero-order chi connectivity index (χ0) is 23.6. The Balaban J connectivity index is 1.27. The number of amides is 2. The van der Waals surface area contributed by atoms with Gasteiger partial charge in [0.2, 0.25) is 5.43 Å². The predicted octanol–water partition coefficient (Wildman–Crippen LogP) is 2.26. The minimum atomic E-state index is -0.778. The Bertz CT molecular complexity index is 1240. The number of rotatable bonds is 1. The van der Waals surface area contributed by atoms with Crippen LogP contribution in [0.5, 0.6) is 5.75 Å². The van der Waals surface area contributed by atoms with E-state index in [2.05, 4.69) is 24.3 Å². The Morgan fingerprint density at radius 2 is 1.91 bits per heavy atom. The molecule has 1 aromatic carbocycles. The summed E-state index contributed by atoms with van der Waals surface area (Å²) in [6.07, 6.45) is 5.54. The Kier molecular flexibility index (Phi) is 4.85. The largest absolute Gasteiger partial charge is 0.503 e. The van der Waals surface area contributed by atoms with Gasteiger partial charge in [-0.3, -0.25) is 14.4 Å². The molecular weight excluding hydrogens is 434 g/mol. The Labute approximate surface area is 197 Å². The quantitative estimate of drug-likeness (QED) is 0.701. The summed E-state index contributed by atoms with van der Waals surface area (Å²) in [5.74, 6) is -1.47. The highest BCUT2D eigenvalue weighted by Gasteiger charge is 2.44. The van der Waals surface area contributed by atoms with Gasteiger partial charge < -0.3 is 24.2 Å². The summed E-state index contributed by atoms with van der Waals surface area (Å²) in [6.45, 7) is 3.87. The second-order valence-corrected chi connectivity index (χ2v) is 10.1. The van der Waals surface area contributed by atoms with Gasteiger partial charge in [-0.15, -0.1) is 0 Å². The molecule has 8 heteroatoms. The van der Waals surface area contributed by atoms with Crippen LogP contribution < -0.4 is 5.43 Å². The van der Waals surface area contributed by atoms with Gasteiger partial charge in [-0.2, -0.15) is 0 Å². The number of likely N-dealkylation sites (tertiary alicyclic amines) is 1.